The van der Waals surface area contributed by atoms with E-state index in [1.54, 1.807) is 0 Å². The van der Waals surface area contributed by atoms with Gasteiger partial charge in [0.1, 0.15) is 18.6 Å². The predicted molar refractivity (Wildman–Crippen MR) is 93.9 cm³/mol. The molecule has 2 aromatic carbocycles. The largest absolute Gasteiger partial charge is 0.473 e. The third kappa shape index (κ3) is 4.38. The Balaban J connectivity index is 1.65. The van der Waals surface area contributed by atoms with Crippen molar-refractivity contribution in [3.63, 3.8) is 0 Å². The van der Waals surface area contributed by atoms with Crippen LogP contribution in [0.5, 0.6) is 5.88 Å². The lowest BCUT2D eigenvalue weighted by molar-refractivity contribution is -0.384. The molecule has 3 aromatic rings. The van der Waals surface area contributed by atoms with Crippen LogP contribution >= 0.6 is 0 Å². The number of hydrogen-bond donors (Lipinski definition) is 1. The number of nitro groups is 1. The molecule has 0 saturated carbocycles. The lowest BCUT2D eigenvalue weighted by atomic mass is 10.2. The standard InChI is InChI=1S/C18H14N4O4/c23-18(21-14-6-8-15(9-7-14)22(24)25)16-10-17(20-12-19-16)26-11-13-4-2-1-3-5-13/h1-10,12H,11H2,(H,21,23). The SMILES string of the molecule is O=C(Nc1ccc([N+](=O)[O-])cc1)c1cc(OCc2ccccc2)ncn1. The second-order valence-electron chi connectivity index (χ2n) is 5.27. The zero-order valence-corrected chi connectivity index (χ0v) is 13.5. The van der Waals surface area contributed by atoms with Crippen LogP contribution in [-0.4, -0.2) is 20.8 Å². The average molecular weight is 350 g/mol. The van der Waals surface area contributed by atoms with Gasteiger partial charge in [-0.25, -0.2) is 9.97 Å². The van der Waals surface area contributed by atoms with E-state index in [1.165, 1.54) is 36.7 Å². The van der Waals surface area contributed by atoms with Crippen LogP contribution in [0.3, 0.4) is 0 Å². The molecule has 0 atom stereocenters. The monoisotopic (exact) mass is 350 g/mol. The number of amides is 1. The number of hydrogen-bond acceptors (Lipinski definition) is 6. The molecule has 8 nitrogen and oxygen atoms in total. The molecule has 0 unspecified atom stereocenters. The molecule has 130 valence electrons. The Morgan fingerprint density at radius 2 is 1.81 bits per heavy atom. The first-order valence-electron chi connectivity index (χ1n) is 7.66. The average Bonchev–Trinajstić information content (AvgIpc) is 2.68. The highest BCUT2D eigenvalue weighted by Gasteiger charge is 2.11. The summed E-state index contributed by atoms with van der Waals surface area (Å²) in [6, 6.07) is 16.5. The summed E-state index contributed by atoms with van der Waals surface area (Å²) >= 11 is 0. The van der Waals surface area contributed by atoms with Gasteiger partial charge in [0.25, 0.3) is 11.6 Å². The van der Waals surface area contributed by atoms with Crippen LogP contribution in [0.1, 0.15) is 16.1 Å². The van der Waals surface area contributed by atoms with E-state index >= 15 is 0 Å². The van der Waals surface area contributed by atoms with E-state index in [2.05, 4.69) is 15.3 Å². The van der Waals surface area contributed by atoms with Gasteiger partial charge >= 0.3 is 0 Å². The molecule has 0 aliphatic heterocycles. The molecule has 1 amide bonds. The zero-order chi connectivity index (χ0) is 18.4. The lowest BCUT2D eigenvalue weighted by Crippen LogP contribution is -2.14. The number of non-ortho nitro benzene ring substituents is 1. The summed E-state index contributed by atoms with van der Waals surface area (Å²) < 4.78 is 5.57. The zero-order valence-electron chi connectivity index (χ0n) is 13.5. The van der Waals surface area contributed by atoms with Crippen molar-refractivity contribution in [3.8, 4) is 5.88 Å². The number of nitrogens with one attached hydrogen (secondary N) is 1. The van der Waals surface area contributed by atoms with E-state index in [0.29, 0.717) is 12.3 Å². The number of aromatic nitrogens is 2. The van der Waals surface area contributed by atoms with Crippen molar-refractivity contribution in [1.29, 1.82) is 0 Å². The number of benzene rings is 2. The van der Waals surface area contributed by atoms with Crippen molar-refractivity contribution in [2.45, 2.75) is 6.61 Å². The molecule has 0 bridgehead atoms. The van der Waals surface area contributed by atoms with Crippen LogP contribution < -0.4 is 10.1 Å². The fourth-order valence-corrected chi connectivity index (χ4v) is 2.14. The summed E-state index contributed by atoms with van der Waals surface area (Å²) in [7, 11) is 0. The van der Waals surface area contributed by atoms with Crippen molar-refractivity contribution >= 4 is 17.3 Å². The molecule has 0 spiro atoms. The number of ether oxygens (including phenoxy) is 1. The smallest absolute Gasteiger partial charge is 0.274 e. The predicted octanol–water partition coefficient (Wildman–Crippen LogP) is 3.22. The van der Waals surface area contributed by atoms with Crippen LogP contribution in [-0.2, 0) is 6.61 Å². The molecule has 0 aliphatic rings. The summed E-state index contributed by atoms with van der Waals surface area (Å²) in [6.45, 7) is 0.321. The van der Waals surface area contributed by atoms with Crippen LogP contribution in [0.2, 0.25) is 0 Å². The highest BCUT2D eigenvalue weighted by Crippen LogP contribution is 2.17. The summed E-state index contributed by atoms with van der Waals surface area (Å²) in [4.78, 5) is 30.3. The number of rotatable bonds is 6. The first kappa shape index (κ1) is 17.0. The summed E-state index contributed by atoms with van der Waals surface area (Å²) in [5, 5.41) is 13.3. The highest BCUT2D eigenvalue weighted by atomic mass is 16.6. The van der Waals surface area contributed by atoms with Gasteiger partial charge in [-0.05, 0) is 17.7 Å². The first-order valence-corrected chi connectivity index (χ1v) is 7.66. The number of carbonyl (C=O) groups excluding carboxylic acids is 1. The third-order valence-corrected chi connectivity index (χ3v) is 3.44. The third-order valence-electron chi connectivity index (χ3n) is 3.44. The molecular weight excluding hydrogens is 336 g/mol. The van der Waals surface area contributed by atoms with Crippen LogP contribution in [0.15, 0.2) is 67.0 Å². The number of carbonyl (C=O) groups is 1. The summed E-state index contributed by atoms with van der Waals surface area (Å²) in [5.74, 6) is -0.191. The number of anilines is 1. The van der Waals surface area contributed by atoms with Crippen molar-refractivity contribution in [2.75, 3.05) is 5.32 Å². The van der Waals surface area contributed by atoms with E-state index in [9.17, 15) is 14.9 Å². The fourth-order valence-electron chi connectivity index (χ4n) is 2.14. The summed E-state index contributed by atoms with van der Waals surface area (Å²) in [5.41, 5.74) is 1.47. The minimum atomic E-state index is -0.508. The Labute approximate surface area is 148 Å². The van der Waals surface area contributed by atoms with Crippen LogP contribution in [0.25, 0.3) is 0 Å². The normalized spacial score (nSPS) is 10.2. The molecule has 1 aromatic heterocycles. The maximum absolute atomic E-state index is 12.3. The van der Waals surface area contributed by atoms with Crippen molar-refractivity contribution in [2.24, 2.45) is 0 Å². The molecule has 1 heterocycles. The Bertz CT molecular complexity index is 914. The van der Waals surface area contributed by atoms with Gasteiger partial charge in [0.05, 0.1) is 4.92 Å². The Hall–Kier alpha value is -3.81. The molecule has 1 N–H and O–H groups in total. The number of nitrogens with zero attached hydrogens (tertiary/aromatic N) is 3. The lowest BCUT2D eigenvalue weighted by Gasteiger charge is -2.07. The molecule has 0 radical (unpaired) electrons. The minimum absolute atomic E-state index is 0.0540. The van der Waals surface area contributed by atoms with Crippen molar-refractivity contribution in [3.05, 3.63) is 88.4 Å². The quantitative estimate of drug-likeness (QED) is 0.540. The van der Waals surface area contributed by atoms with E-state index in [0.717, 1.165) is 5.56 Å². The second kappa shape index (κ2) is 7.84. The van der Waals surface area contributed by atoms with Gasteiger partial charge in [0.15, 0.2) is 0 Å². The summed E-state index contributed by atoms with van der Waals surface area (Å²) in [6.07, 6.45) is 1.24. The Morgan fingerprint density at radius 3 is 2.50 bits per heavy atom. The van der Waals surface area contributed by atoms with Gasteiger partial charge in [0, 0.05) is 23.9 Å². The van der Waals surface area contributed by atoms with Crippen molar-refractivity contribution < 1.29 is 14.5 Å². The van der Waals surface area contributed by atoms with Gasteiger partial charge in [-0.3, -0.25) is 14.9 Å². The van der Waals surface area contributed by atoms with E-state index in [1.807, 2.05) is 30.3 Å². The fraction of sp³-hybridized carbons (Fsp3) is 0.0556. The number of nitro benzene ring substituents is 1. The first-order chi connectivity index (χ1) is 12.6. The molecule has 0 fully saturated rings. The van der Waals surface area contributed by atoms with E-state index in [4.69, 9.17) is 4.74 Å². The molecule has 0 saturated heterocycles. The molecule has 0 aliphatic carbocycles. The topological polar surface area (TPSA) is 107 Å². The van der Waals surface area contributed by atoms with Gasteiger partial charge in [-0.2, -0.15) is 0 Å². The van der Waals surface area contributed by atoms with Gasteiger partial charge in [-0.15, -0.1) is 0 Å². The van der Waals surface area contributed by atoms with Crippen molar-refractivity contribution in [1.82, 2.24) is 9.97 Å². The molecule has 26 heavy (non-hydrogen) atoms. The maximum Gasteiger partial charge on any atom is 0.274 e. The van der Waals surface area contributed by atoms with Gasteiger partial charge in [0.2, 0.25) is 5.88 Å². The minimum Gasteiger partial charge on any atom is -0.473 e. The van der Waals surface area contributed by atoms with E-state index in [-0.39, 0.29) is 17.3 Å². The highest BCUT2D eigenvalue weighted by molar-refractivity contribution is 6.03. The molecule has 3 rings (SSSR count). The Kier molecular flexibility index (Phi) is 5.14. The maximum atomic E-state index is 12.3. The Morgan fingerprint density at radius 1 is 1.08 bits per heavy atom. The van der Waals surface area contributed by atoms with E-state index < -0.39 is 10.8 Å². The van der Waals surface area contributed by atoms with Gasteiger partial charge in [-0.1, -0.05) is 30.3 Å². The second-order valence-corrected chi connectivity index (χ2v) is 5.27. The van der Waals surface area contributed by atoms with Crippen LogP contribution in [0.4, 0.5) is 11.4 Å². The molecular formula is C18H14N4O4. The van der Waals surface area contributed by atoms with Gasteiger partial charge < -0.3 is 10.1 Å². The molecule has 8 heteroatoms. The van der Waals surface area contributed by atoms with Crippen LogP contribution in [0, 0.1) is 10.1 Å².